The van der Waals surface area contributed by atoms with Gasteiger partial charge in [0.1, 0.15) is 12.1 Å². The maximum absolute atomic E-state index is 10.5. The molecule has 0 saturated carbocycles. The van der Waals surface area contributed by atoms with Crippen LogP contribution in [0.3, 0.4) is 0 Å². The monoisotopic (exact) mass is 255 g/mol. The van der Waals surface area contributed by atoms with E-state index in [1.54, 1.807) is 12.4 Å². The lowest BCUT2D eigenvalue weighted by molar-refractivity contribution is -0.137. The predicted octanol–water partition coefficient (Wildman–Crippen LogP) is 1.28. The van der Waals surface area contributed by atoms with Crippen molar-refractivity contribution in [1.82, 2.24) is 14.5 Å². The van der Waals surface area contributed by atoms with E-state index in [1.807, 2.05) is 0 Å². The number of hydrogen-bond donors (Lipinski definition) is 1. The fourth-order valence-electron chi connectivity index (χ4n) is 1.22. The van der Waals surface area contributed by atoms with Crippen LogP contribution in [-0.4, -0.2) is 25.6 Å². The largest absolute Gasteiger partial charge is 0.480 e. The molecule has 2 aromatic rings. The summed E-state index contributed by atoms with van der Waals surface area (Å²) in [5.41, 5.74) is 1.43. The zero-order chi connectivity index (χ0) is 10.1. The van der Waals surface area contributed by atoms with Gasteiger partial charge in [0, 0.05) is 6.20 Å². The number of carboxylic acids is 1. The Hall–Kier alpha value is -1.43. The molecular formula is C8H6BrN3O2. The molecule has 14 heavy (non-hydrogen) atoms. The molecule has 0 aliphatic carbocycles. The minimum atomic E-state index is -0.899. The average Bonchev–Trinajstić information content (AvgIpc) is 2.49. The summed E-state index contributed by atoms with van der Waals surface area (Å²) in [6.45, 7) is -0.103. The summed E-state index contributed by atoms with van der Waals surface area (Å²) in [5, 5.41) is 8.63. The first-order chi connectivity index (χ1) is 6.68. The van der Waals surface area contributed by atoms with Crippen LogP contribution in [0.4, 0.5) is 0 Å². The number of carbonyl (C=O) groups is 1. The van der Waals surface area contributed by atoms with E-state index in [9.17, 15) is 4.79 Å². The van der Waals surface area contributed by atoms with Crippen LogP contribution in [0.1, 0.15) is 0 Å². The van der Waals surface area contributed by atoms with E-state index in [0.717, 1.165) is 9.99 Å². The number of nitrogens with zero attached hydrogens (tertiary/aromatic N) is 3. The van der Waals surface area contributed by atoms with Crippen molar-refractivity contribution in [3.63, 3.8) is 0 Å². The molecule has 0 radical (unpaired) electrons. The van der Waals surface area contributed by atoms with Crippen molar-refractivity contribution in [2.45, 2.75) is 6.54 Å². The molecule has 2 aromatic heterocycles. The van der Waals surface area contributed by atoms with E-state index in [-0.39, 0.29) is 6.54 Å². The Morgan fingerprint density at radius 3 is 3.07 bits per heavy atom. The van der Waals surface area contributed by atoms with Gasteiger partial charge in [0.25, 0.3) is 0 Å². The van der Waals surface area contributed by atoms with Gasteiger partial charge in [-0.15, -0.1) is 0 Å². The van der Waals surface area contributed by atoms with Gasteiger partial charge in [-0.05, 0) is 15.9 Å². The molecule has 0 saturated heterocycles. The van der Waals surface area contributed by atoms with Gasteiger partial charge in [0.15, 0.2) is 0 Å². The minimum absolute atomic E-state index is 0.103. The third-order valence-corrected chi connectivity index (χ3v) is 2.38. The molecule has 6 heteroatoms. The highest BCUT2D eigenvalue weighted by atomic mass is 79.9. The summed E-state index contributed by atoms with van der Waals surface area (Å²) < 4.78 is 2.30. The van der Waals surface area contributed by atoms with Crippen molar-refractivity contribution >= 4 is 32.9 Å². The van der Waals surface area contributed by atoms with Gasteiger partial charge >= 0.3 is 5.97 Å². The number of carboxylic acid groups (broad SMARTS) is 1. The molecule has 5 nitrogen and oxygen atoms in total. The number of aromatic nitrogens is 3. The van der Waals surface area contributed by atoms with E-state index >= 15 is 0 Å². The second kappa shape index (κ2) is 3.38. The molecule has 2 rings (SSSR count). The molecule has 1 N–H and O–H groups in total. The lowest BCUT2D eigenvalue weighted by Crippen LogP contribution is -2.07. The maximum Gasteiger partial charge on any atom is 0.323 e. The Morgan fingerprint density at radius 1 is 1.57 bits per heavy atom. The highest BCUT2D eigenvalue weighted by Crippen LogP contribution is 2.20. The van der Waals surface area contributed by atoms with Crippen LogP contribution in [0.15, 0.2) is 23.2 Å². The minimum Gasteiger partial charge on any atom is -0.480 e. The molecule has 72 valence electrons. The van der Waals surface area contributed by atoms with Crippen molar-refractivity contribution in [1.29, 1.82) is 0 Å². The fourth-order valence-corrected chi connectivity index (χ4v) is 1.64. The second-order valence-corrected chi connectivity index (χ2v) is 3.61. The van der Waals surface area contributed by atoms with Crippen molar-refractivity contribution in [2.24, 2.45) is 0 Å². The molecule has 0 aliphatic rings. The van der Waals surface area contributed by atoms with Crippen molar-refractivity contribution in [3.05, 3.63) is 23.2 Å². The zero-order valence-electron chi connectivity index (χ0n) is 7.01. The lowest BCUT2D eigenvalue weighted by Gasteiger charge is -1.98. The standard InChI is InChI=1S/C8H6BrN3O2/c9-5-1-10-2-6-8(5)11-4-12(6)3-7(13)14/h1-2,4H,3H2,(H,13,14). The average molecular weight is 256 g/mol. The van der Waals surface area contributed by atoms with E-state index in [1.165, 1.54) is 10.9 Å². The van der Waals surface area contributed by atoms with E-state index in [4.69, 9.17) is 5.11 Å². The molecule has 0 atom stereocenters. The first-order valence-corrected chi connectivity index (χ1v) is 4.64. The molecule has 0 bridgehead atoms. The Balaban J connectivity index is 2.58. The Kier molecular flexibility index (Phi) is 2.20. The molecule has 2 heterocycles. The molecule has 0 aliphatic heterocycles. The summed E-state index contributed by atoms with van der Waals surface area (Å²) in [6.07, 6.45) is 4.71. The van der Waals surface area contributed by atoms with Crippen molar-refractivity contribution in [3.8, 4) is 0 Å². The van der Waals surface area contributed by atoms with E-state index < -0.39 is 5.97 Å². The maximum atomic E-state index is 10.5. The van der Waals surface area contributed by atoms with Crippen LogP contribution >= 0.6 is 15.9 Å². The highest BCUT2D eigenvalue weighted by Gasteiger charge is 2.07. The van der Waals surface area contributed by atoms with Gasteiger partial charge in [-0.25, -0.2) is 4.98 Å². The number of hydrogen-bond acceptors (Lipinski definition) is 3. The Morgan fingerprint density at radius 2 is 2.36 bits per heavy atom. The first-order valence-electron chi connectivity index (χ1n) is 3.84. The smallest absolute Gasteiger partial charge is 0.323 e. The third kappa shape index (κ3) is 1.48. The first kappa shape index (κ1) is 9.14. The SMILES string of the molecule is O=C(O)Cn1cnc2c(Br)cncc21. The summed E-state index contributed by atoms with van der Waals surface area (Å²) in [6, 6.07) is 0. The summed E-state index contributed by atoms with van der Waals surface area (Å²) in [4.78, 5) is 18.6. The molecule has 0 unspecified atom stereocenters. The molecule has 0 spiro atoms. The van der Waals surface area contributed by atoms with Gasteiger partial charge in [-0.2, -0.15) is 0 Å². The number of rotatable bonds is 2. The lowest BCUT2D eigenvalue weighted by atomic mass is 10.4. The Labute approximate surface area is 87.5 Å². The van der Waals surface area contributed by atoms with Gasteiger partial charge < -0.3 is 9.67 Å². The van der Waals surface area contributed by atoms with E-state index in [2.05, 4.69) is 25.9 Å². The van der Waals surface area contributed by atoms with Crippen LogP contribution in [0.25, 0.3) is 11.0 Å². The topological polar surface area (TPSA) is 68.0 Å². The van der Waals surface area contributed by atoms with Gasteiger partial charge in [0.05, 0.1) is 22.5 Å². The van der Waals surface area contributed by atoms with Gasteiger partial charge in [-0.3, -0.25) is 9.78 Å². The van der Waals surface area contributed by atoms with Crippen molar-refractivity contribution in [2.75, 3.05) is 0 Å². The Bertz CT molecular complexity index is 494. The summed E-state index contributed by atoms with van der Waals surface area (Å²) in [7, 11) is 0. The van der Waals surface area contributed by atoms with Crippen LogP contribution in [0, 0.1) is 0 Å². The molecule has 0 aromatic carbocycles. The van der Waals surface area contributed by atoms with Crippen LogP contribution in [0.2, 0.25) is 0 Å². The summed E-state index contributed by atoms with van der Waals surface area (Å²) in [5.74, 6) is -0.899. The third-order valence-electron chi connectivity index (χ3n) is 1.79. The highest BCUT2D eigenvalue weighted by molar-refractivity contribution is 9.10. The zero-order valence-corrected chi connectivity index (χ0v) is 8.60. The number of pyridine rings is 1. The summed E-state index contributed by atoms with van der Waals surface area (Å²) >= 11 is 3.29. The number of aliphatic carboxylic acids is 1. The number of halogens is 1. The van der Waals surface area contributed by atoms with Crippen molar-refractivity contribution < 1.29 is 9.90 Å². The molecule has 0 fully saturated rings. The molecule has 0 amide bonds. The number of fused-ring (bicyclic) bond motifs is 1. The van der Waals surface area contributed by atoms with Gasteiger partial charge in [0.2, 0.25) is 0 Å². The normalized spacial score (nSPS) is 10.6. The van der Waals surface area contributed by atoms with Gasteiger partial charge in [-0.1, -0.05) is 0 Å². The number of imidazole rings is 1. The van der Waals surface area contributed by atoms with E-state index in [0.29, 0.717) is 5.52 Å². The molecular weight excluding hydrogens is 250 g/mol. The van der Waals surface area contributed by atoms with Crippen LogP contribution in [-0.2, 0) is 11.3 Å². The quantitative estimate of drug-likeness (QED) is 0.878. The predicted molar refractivity (Wildman–Crippen MR) is 52.9 cm³/mol. The fraction of sp³-hybridized carbons (Fsp3) is 0.125. The second-order valence-electron chi connectivity index (χ2n) is 2.76. The van der Waals surface area contributed by atoms with Crippen LogP contribution in [0.5, 0.6) is 0 Å². The van der Waals surface area contributed by atoms with Crippen LogP contribution < -0.4 is 0 Å².